The van der Waals surface area contributed by atoms with Gasteiger partial charge in [0.1, 0.15) is 5.75 Å². The van der Waals surface area contributed by atoms with Gasteiger partial charge < -0.3 is 4.52 Å². The molecule has 2 heteroatoms. The van der Waals surface area contributed by atoms with Crippen molar-refractivity contribution < 1.29 is 4.52 Å². The summed E-state index contributed by atoms with van der Waals surface area (Å²) in [6.07, 6.45) is 1.09. The molecule has 1 atom stereocenters. The van der Waals surface area contributed by atoms with Crippen molar-refractivity contribution in [3.05, 3.63) is 28.8 Å². The summed E-state index contributed by atoms with van der Waals surface area (Å²) in [6, 6.07) is 4.15. The minimum absolute atomic E-state index is 0.953. The van der Waals surface area contributed by atoms with Crippen molar-refractivity contribution in [3.8, 4) is 5.75 Å². The summed E-state index contributed by atoms with van der Waals surface area (Å²) < 4.78 is 5.14. The molecule has 0 aliphatic rings. The van der Waals surface area contributed by atoms with E-state index in [1.807, 2.05) is 6.07 Å². The van der Waals surface area contributed by atoms with Gasteiger partial charge in [0.15, 0.2) is 0 Å². The lowest BCUT2D eigenvalue weighted by Crippen LogP contribution is -1.91. The molecule has 1 aromatic rings. The van der Waals surface area contributed by atoms with E-state index < -0.39 is 0 Å². The summed E-state index contributed by atoms with van der Waals surface area (Å²) in [5.74, 6) is 0.953. The molecule has 0 saturated carbocycles. The van der Waals surface area contributed by atoms with E-state index >= 15 is 0 Å². The van der Waals surface area contributed by atoms with Gasteiger partial charge in [-0.05, 0) is 43.0 Å². The normalized spacial score (nSPS) is 10.0. The zero-order valence-electron chi connectivity index (χ0n) is 7.85. The van der Waals surface area contributed by atoms with Crippen LogP contribution in [0, 0.1) is 13.8 Å². The third kappa shape index (κ3) is 1.61. The average molecular weight is 182 g/mol. The summed E-state index contributed by atoms with van der Waals surface area (Å²) in [5, 5.41) is 0. The van der Waals surface area contributed by atoms with Gasteiger partial charge in [-0.1, -0.05) is 13.0 Å². The Kier molecular flexibility index (Phi) is 3.11. The first-order valence-corrected chi connectivity index (χ1v) is 4.63. The number of rotatable bonds is 2. The predicted molar refractivity (Wildman–Crippen MR) is 55.6 cm³/mol. The second kappa shape index (κ2) is 3.91. The molecule has 12 heavy (non-hydrogen) atoms. The highest BCUT2D eigenvalue weighted by molar-refractivity contribution is 7.10. The Morgan fingerprint density at radius 2 is 1.92 bits per heavy atom. The van der Waals surface area contributed by atoms with E-state index in [9.17, 15) is 0 Å². The van der Waals surface area contributed by atoms with Gasteiger partial charge in [-0.25, -0.2) is 0 Å². The molecule has 0 spiro atoms. The van der Waals surface area contributed by atoms with Crippen LogP contribution in [0.1, 0.15) is 23.6 Å². The van der Waals surface area contributed by atoms with Gasteiger partial charge in [-0.2, -0.15) is 0 Å². The standard InChI is InChI=1S/C10H15OP/c1-4-9-5-6-10(11-12)8(3)7(9)2/h5-6H,4,12H2,1-3H3. The van der Waals surface area contributed by atoms with Crippen LogP contribution >= 0.6 is 9.47 Å². The molecule has 0 aromatic heterocycles. The van der Waals surface area contributed by atoms with Crippen molar-refractivity contribution >= 4 is 9.47 Å². The molecule has 0 aliphatic heterocycles. The number of benzene rings is 1. The van der Waals surface area contributed by atoms with Crippen LogP contribution in [0.25, 0.3) is 0 Å². The summed E-state index contributed by atoms with van der Waals surface area (Å²) in [6.45, 7) is 6.40. The molecule has 0 heterocycles. The van der Waals surface area contributed by atoms with Crippen molar-refractivity contribution in [1.82, 2.24) is 0 Å². The van der Waals surface area contributed by atoms with E-state index in [0.717, 1.165) is 12.2 Å². The van der Waals surface area contributed by atoms with Crippen molar-refractivity contribution in [2.24, 2.45) is 0 Å². The monoisotopic (exact) mass is 182 g/mol. The molecule has 0 fully saturated rings. The first-order valence-electron chi connectivity index (χ1n) is 4.16. The van der Waals surface area contributed by atoms with Gasteiger partial charge in [0.05, 0.1) is 9.47 Å². The maximum Gasteiger partial charge on any atom is 0.125 e. The fourth-order valence-electron chi connectivity index (χ4n) is 1.36. The van der Waals surface area contributed by atoms with Crippen molar-refractivity contribution in [1.29, 1.82) is 0 Å². The molecule has 1 aromatic carbocycles. The van der Waals surface area contributed by atoms with E-state index in [1.54, 1.807) is 0 Å². The molecule has 0 N–H and O–H groups in total. The molecule has 1 rings (SSSR count). The third-order valence-corrected chi connectivity index (χ3v) is 2.61. The van der Waals surface area contributed by atoms with Crippen molar-refractivity contribution in [3.63, 3.8) is 0 Å². The molecule has 66 valence electrons. The van der Waals surface area contributed by atoms with Crippen molar-refractivity contribution in [2.75, 3.05) is 0 Å². The van der Waals surface area contributed by atoms with Crippen LogP contribution in [0.15, 0.2) is 12.1 Å². The molecule has 0 radical (unpaired) electrons. The van der Waals surface area contributed by atoms with E-state index in [1.165, 1.54) is 16.7 Å². The first kappa shape index (κ1) is 9.54. The van der Waals surface area contributed by atoms with Crippen LogP contribution in [0.2, 0.25) is 0 Å². The highest BCUT2D eigenvalue weighted by Crippen LogP contribution is 2.25. The lowest BCUT2D eigenvalue weighted by molar-refractivity contribution is 0.638. The Hall–Kier alpha value is -0.550. The van der Waals surface area contributed by atoms with E-state index in [4.69, 9.17) is 4.52 Å². The maximum atomic E-state index is 5.14. The Morgan fingerprint density at radius 1 is 1.25 bits per heavy atom. The summed E-state index contributed by atoms with van der Waals surface area (Å²) >= 11 is 0. The quantitative estimate of drug-likeness (QED) is 0.639. The predicted octanol–water partition coefficient (Wildman–Crippen LogP) is 3.03. The largest absolute Gasteiger partial charge is 0.480 e. The van der Waals surface area contributed by atoms with Crippen LogP contribution in [0.3, 0.4) is 0 Å². The zero-order valence-corrected chi connectivity index (χ0v) is 9.00. The van der Waals surface area contributed by atoms with Gasteiger partial charge in [0, 0.05) is 0 Å². The second-order valence-corrected chi connectivity index (χ2v) is 3.18. The SMILES string of the molecule is CCc1ccc(OP)c(C)c1C. The van der Waals surface area contributed by atoms with E-state index in [2.05, 4.69) is 36.3 Å². The van der Waals surface area contributed by atoms with Crippen molar-refractivity contribution in [2.45, 2.75) is 27.2 Å². The zero-order chi connectivity index (χ0) is 9.14. The Balaban J connectivity index is 3.20. The molecule has 0 saturated heterocycles. The molecular weight excluding hydrogens is 167 g/mol. The minimum atomic E-state index is 0.953. The number of aryl methyl sites for hydroxylation is 1. The highest BCUT2D eigenvalue weighted by Gasteiger charge is 2.04. The first-order chi connectivity index (χ1) is 5.70. The summed E-state index contributed by atoms with van der Waals surface area (Å²) in [4.78, 5) is 0. The van der Waals surface area contributed by atoms with Gasteiger partial charge in [0.25, 0.3) is 0 Å². The molecule has 0 bridgehead atoms. The third-order valence-electron chi connectivity index (χ3n) is 2.36. The smallest absolute Gasteiger partial charge is 0.125 e. The molecule has 1 unspecified atom stereocenters. The van der Waals surface area contributed by atoms with Crippen LogP contribution in [-0.2, 0) is 6.42 Å². The van der Waals surface area contributed by atoms with Crippen LogP contribution in [-0.4, -0.2) is 0 Å². The Bertz CT molecular complexity index is 252. The van der Waals surface area contributed by atoms with E-state index in [-0.39, 0.29) is 0 Å². The highest BCUT2D eigenvalue weighted by atomic mass is 31.0. The van der Waals surface area contributed by atoms with Gasteiger partial charge >= 0.3 is 0 Å². The Labute approximate surface area is 76.4 Å². The fraction of sp³-hybridized carbons (Fsp3) is 0.400. The van der Waals surface area contributed by atoms with Crippen LogP contribution in [0.5, 0.6) is 5.75 Å². The lowest BCUT2D eigenvalue weighted by Gasteiger charge is -2.10. The molecule has 1 nitrogen and oxygen atoms in total. The second-order valence-electron chi connectivity index (χ2n) is 2.94. The van der Waals surface area contributed by atoms with Gasteiger partial charge in [-0.15, -0.1) is 0 Å². The van der Waals surface area contributed by atoms with E-state index in [0.29, 0.717) is 0 Å². The maximum absolute atomic E-state index is 5.14. The number of hydrogen-bond donors (Lipinski definition) is 0. The molecule has 0 aliphatic carbocycles. The molecular formula is C10H15OP. The van der Waals surface area contributed by atoms with Gasteiger partial charge in [0.2, 0.25) is 0 Å². The topological polar surface area (TPSA) is 9.23 Å². The molecule has 0 amide bonds. The lowest BCUT2D eigenvalue weighted by atomic mass is 10.0. The summed E-state index contributed by atoms with van der Waals surface area (Å²) in [5.41, 5.74) is 3.99. The minimum Gasteiger partial charge on any atom is -0.480 e. The average Bonchev–Trinajstić information content (AvgIpc) is 2.10. The van der Waals surface area contributed by atoms with Crippen LogP contribution < -0.4 is 4.52 Å². The summed E-state index contributed by atoms with van der Waals surface area (Å²) in [7, 11) is 2.28. The van der Waals surface area contributed by atoms with Gasteiger partial charge in [-0.3, -0.25) is 0 Å². The Morgan fingerprint density at radius 3 is 2.42 bits per heavy atom. The fourth-order valence-corrected chi connectivity index (χ4v) is 1.62. The number of hydrogen-bond acceptors (Lipinski definition) is 1. The van der Waals surface area contributed by atoms with Crippen LogP contribution in [0.4, 0.5) is 0 Å².